The standard InChI is InChI=1S/C18H23F4N3O3.ClH/c1-25(17(26)14-4-3-5-23-14)9-10-6-13(19)16(24-15(10)27-2)28-12-7-11(8-12)18(20,21)22;/h6,11-12,14,23H,3-5,7-9H2,1-2H3;1H. The van der Waals surface area contributed by atoms with Gasteiger partial charge in [-0.2, -0.15) is 18.2 Å². The molecule has 11 heteroatoms. The lowest BCUT2D eigenvalue weighted by atomic mass is 9.82. The SMILES string of the molecule is COc1nc(OC2CC(C(F)(F)F)C2)c(F)cc1CN(C)C(=O)C1CCCN1.Cl. The van der Waals surface area contributed by atoms with E-state index in [1.807, 2.05) is 0 Å². The van der Waals surface area contributed by atoms with E-state index in [2.05, 4.69) is 10.3 Å². The van der Waals surface area contributed by atoms with Crippen LogP contribution in [0.2, 0.25) is 0 Å². The number of carbonyl (C=O) groups excluding carboxylic acids is 1. The van der Waals surface area contributed by atoms with Gasteiger partial charge < -0.3 is 19.7 Å². The Morgan fingerprint density at radius 2 is 2.03 bits per heavy atom. The molecule has 1 aliphatic carbocycles. The average Bonchev–Trinajstić information content (AvgIpc) is 3.11. The van der Waals surface area contributed by atoms with Gasteiger partial charge in [-0.25, -0.2) is 4.39 Å². The fourth-order valence-electron chi connectivity index (χ4n) is 3.45. The molecule has 0 radical (unpaired) electrons. The highest BCUT2D eigenvalue weighted by atomic mass is 35.5. The van der Waals surface area contributed by atoms with Gasteiger partial charge in [-0.15, -0.1) is 12.4 Å². The molecule has 1 N–H and O–H groups in total. The van der Waals surface area contributed by atoms with Crippen molar-refractivity contribution in [2.75, 3.05) is 20.7 Å². The molecular weight excluding hydrogens is 418 g/mol. The molecule has 6 nitrogen and oxygen atoms in total. The molecule has 1 amide bonds. The summed E-state index contributed by atoms with van der Waals surface area (Å²) in [7, 11) is 2.95. The van der Waals surface area contributed by atoms with Gasteiger partial charge in [0.15, 0.2) is 5.82 Å². The van der Waals surface area contributed by atoms with Gasteiger partial charge in [0.2, 0.25) is 11.8 Å². The third-order valence-corrected chi connectivity index (χ3v) is 5.15. The number of nitrogens with zero attached hydrogens (tertiary/aromatic N) is 2. The second kappa shape index (κ2) is 9.34. The summed E-state index contributed by atoms with van der Waals surface area (Å²) in [6.07, 6.45) is -3.77. The Balaban J connectivity index is 0.00000300. The number of pyridine rings is 1. The largest absolute Gasteiger partial charge is 0.481 e. The molecule has 2 fully saturated rings. The summed E-state index contributed by atoms with van der Waals surface area (Å²) in [5.41, 5.74) is 0.350. The van der Waals surface area contributed by atoms with Gasteiger partial charge in [-0.1, -0.05) is 0 Å². The van der Waals surface area contributed by atoms with Crippen LogP contribution >= 0.6 is 12.4 Å². The number of carbonyl (C=O) groups is 1. The number of alkyl halides is 3. The van der Waals surface area contributed by atoms with Crippen LogP contribution in [0.1, 0.15) is 31.2 Å². The summed E-state index contributed by atoms with van der Waals surface area (Å²) < 4.78 is 62.5. The Hall–Kier alpha value is -1.81. The number of rotatable bonds is 6. The first-order valence-electron chi connectivity index (χ1n) is 9.14. The molecule has 0 aromatic carbocycles. The summed E-state index contributed by atoms with van der Waals surface area (Å²) in [6, 6.07) is 0.893. The molecule has 2 aliphatic rings. The molecule has 1 aromatic rings. The first kappa shape index (κ1) is 23.5. The van der Waals surface area contributed by atoms with Crippen LogP contribution in [0.25, 0.3) is 0 Å². The highest BCUT2D eigenvalue weighted by molar-refractivity contribution is 5.85. The zero-order valence-corrected chi connectivity index (χ0v) is 16.9. The monoisotopic (exact) mass is 441 g/mol. The zero-order chi connectivity index (χ0) is 20.5. The van der Waals surface area contributed by atoms with Crippen LogP contribution in [0.15, 0.2) is 6.07 Å². The van der Waals surface area contributed by atoms with Crippen LogP contribution in [0.4, 0.5) is 17.6 Å². The molecule has 164 valence electrons. The van der Waals surface area contributed by atoms with Gasteiger partial charge in [-0.3, -0.25) is 4.79 Å². The Morgan fingerprint density at radius 1 is 1.34 bits per heavy atom. The Labute approximate surface area is 172 Å². The third-order valence-electron chi connectivity index (χ3n) is 5.15. The van der Waals surface area contributed by atoms with Crippen molar-refractivity contribution in [3.05, 3.63) is 17.4 Å². The van der Waals surface area contributed by atoms with Crippen molar-refractivity contribution in [3.8, 4) is 11.8 Å². The van der Waals surface area contributed by atoms with E-state index in [-0.39, 0.29) is 49.6 Å². The first-order valence-corrected chi connectivity index (χ1v) is 9.14. The second-order valence-corrected chi connectivity index (χ2v) is 7.24. The number of hydrogen-bond acceptors (Lipinski definition) is 5. The number of likely N-dealkylation sites (N-methyl/N-ethyl adjacent to an activating group) is 1. The number of hydrogen-bond donors (Lipinski definition) is 1. The maximum absolute atomic E-state index is 14.4. The Bertz CT molecular complexity index is 723. The van der Waals surface area contributed by atoms with Crippen molar-refractivity contribution in [2.45, 2.75) is 50.6 Å². The normalized spacial score (nSPS) is 23.7. The molecule has 3 rings (SSSR count). The van der Waals surface area contributed by atoms with E-state index in [1.165, 1.54) is 12.0 Å². The van der Waals surface area contributed by atoms with Crippen LogP contribution in [0.5, 0.6) is 11.8 Å². The number of nitrogens with one attached hydrogen (secondary N) is 1. The minimum Gasteiger partial charge on any atom is -0.481 e. The Kier molecular flexibility index (Phi) is 7.56. The lowest BCUT2D eigenvalue weighted by Crippen LogP contribution is -2.42. The number of halogens is 5. The highest BCUT2D eigenvalue weighted by Crippen LogP contribution is 2.43. The van der Waals surface area contributed by atoms with E-state index in [0.29, 0.717) is 5.56 Å². The van der Waals surface area contributed by atoms with E-state index < -0.39 is 29.9 Å². The summed E-state index contributed by atoms with van der Waals surface area (Å²) in [5, 5.41) is 3.11. The maximum Gasteiger partial charge on any atom is 0.392 e. The van der Waals surface area contributed by atoms with Crippen LogP contribution in [0, 0.1) is 11.7 Å². The van der Waals surface area contributed by atoms with E-state index in [4.69, 9.17) is 9.47 Å². The number of ether oxygens (including phenoxy) is 2. The van der Waals surface area contributed by atoms with Gasteiger partial charge >= 0.3 is 6.18 Å². The minimum atomic E-state index is -4.27. The van der Waals surface area contributed by atoms with Crippen molar-refractivity contribution < 1.29 is 31.8 Å². The molecule has 29 heavy (non-hydrogen) atoms. The smallest absolute Gasteiger partial charge is 0.392 e. The summed E-state index contributed by atoms with van der Waals surface area (Å²) in [4.78, 5) is 17.8. The van der Waals surface area contributed by atoms with E-state index >= 15 is 0 Å². The lowest BCUT2D eigenvalue weighted by molar-refractivity contribution is -0.210. The maximum atomic E-state index is 14.4. The molecule has 1 atom stereocenters. The van der Waals surface area contributed by atoms with Crippen molar-refractivity contribution in [3.63, 3.8) is 0 Å². The molecular formula is C18H24ClF4N3O3. The fourth-order valence-corrected chi connectivity index (χ4v) is 3.45. The molecule has 1 saturated carbocycles. The second-order valence-electron chi connectivity index (χ2n) is 7.24. The summed E-state index contributed by atoms with van der Waals surface area (Å²) >= 11 is 0. The number of aromatic nitrogens is 1. The molecule has 0 spiro atoms. The Morgan fingerprint density at radius 3 is 2.59 bits per heavy atom. The number of methoxy groups -OCH3 is 1. The van der Waals surface area contributed by atoms with Crippen LogP contribution in [0.3, 0.4) is 0 Å². The van der Waals surface area contributed by atoms with Crippen LogP contribution in [-0.2, 0) is 11.3 Å². The van der Waals surface area contributed by atoms with Gasteiger partial charge in [-0.05, 0) is 38.3 Å². The van der Waals surface area contributed by atoms with Crippen molar-refractivity contribution in [2.24, 2.45) is 5.92 Å². The molecule has 2 heterocycles. The summed E-state index contributed by atoms with van der Waals surface area (Å²) in [5.74, 6) is -2.65. The average molecular weight is 442 g/mol. The molecule has 1 unspecified atom stereocenters. The first-order chi connectivity index (χ1) is 13.2. The van der Waals surface area contributed by atoms with Crippen molar-refractivity contribution >= 4 is 18.3 Å². The fraction of sp³-hybridized carbons (Fsp3) is 0.667. The highest BCUT2D eigenvalue weighted by Gasteiger charge is 2.49. The lowest BCUT2D eigenvalue weighted by Gasteiger charge is -2.36. The van der Waals surface area contributed by atoms with Crippen molar-refractivity contribution in [1.82, 2.24) is 15.2 Å². The predicted octanol–water partition coefficient (Wildman–Crippen LogP) is 3.08. The van der Waals surface area contributed by atoms with Gasteiger partial charge in [0.25, 0.3) is 5.88 Å². The van der Waals surface area contributed by atoms with E-state index in [9.17, 15) is 22.4 Å². The number of amides is 1. The predicted molar refractivity (Wildman–Crippen MR) is 98.7 cm³/mol. The van der Waals surface area contributed by atoms with E-state index in [1.54, 1.807) is 7.05 Å². The van der Waals surface area contributed by atoms with E-state index in [0.717, 1.165) is 25.5 Å². The zero-order valence-electron chi connectivity index (χ0n) is 16.1. The molecule has 1 aromatic heterocycles. The molecule has 1 saturated heterocycles. The van der Waals surface area contributed by atoms with Crippen molar-refractivity contribution in [1.29, 1.82) is 0 Å². The minimum absolute atomic E-state index is 0. The van der Waals surface area contributed by atoms with Crippen LogP contribution < -0.4 is 14.8 Å². The summed E-state index contributed by atoms with van der Waals surface area (Å²) in [6.45, 7) is 0.871. The van der Waals surface area contributed by atoms with Gasteiger partial charge in [0.05, 0.1) is 25.6 Å². The molecule has 0 bridgehead atoms. The topological polar surface area (TPSA) is 63.7 Å². The van der Waals surface area contributed by atoms with Crippen LogP contribution in [-0.4, -0.2) is 54.8 Å². The van der Waals surface area contributed by atoms with Gasteiger partial charge in [0.1, 0.15) is 6.10 Å². The molecule has 1 aliphatic heterocycles. The quantitative estimate of drug-likeness (QED) is 0.687. The third kappa shape index (κ3) is 5.42. The van der Waals surface area contributed by atoms with Gasteiger partial charge in [0, 0.05) is 12.6 Å².